The van der Waals surface area contributed by atoms with Gasteiger partial charge in [-0.05, 0) is 26.8 Å². The Bertz CT molecular complexity index is 262. The maximum absolute atomic E-state index is 5.03. The smallest absolute Gasteiger partial charge is 0.0898 e. The Morgan fingerprint density at radius 3 is 2.93 bits per heavy atom. The predicted molar refractivity (Wildman–Crippen MR) is 59.8 cm³/mol. The van der Waals surface area contributed by atoms with Crippen LogP contribution in [0.15, 0.2) is 5.38 Å². The van der Waals surface area contributed by atoms with Crippen LogP contribution < -0.4 is 5.32 Å². The molecular formula is C10H18N2OS. The summed E-state index contributed by atoms with van der Waals surface area (Å²) in [5.41, 5.74) is 1.16. The molecule has 0 saturated heterocycles. The molecule has 1 N–H and O–H groups in total. The summed E-state index contributed by atoms with van der Waals surface area (Å²) in [5, 5.41) is 6.54. The van der Waals surface area contributed by atoms with E-state index in [4.69, 9.17) is 4.74 Å². The van der Waals surface area contributed by atoms with Crippen molar-refractivity contribution in [3.63, 3.8) is 0 Å². The van der Waals surface area contributed by atoms with Crippen LogP contribution in [0.3, 0.4) is 0 Å². The minimum atomic E-state index is 0.370. The number of nitrogens with zero attached hydrogens (tertiary/aromatic N) is 1. The van der Waals surface area contributed by atoms with Crippen LogP contribution in [0.25, 0.3) is 0 Å². The van der Waals surface area contributed by atoms with Crippen LogP contribution in [-0.4, -0.2) is 25.7 Å². The van der Waals surface area contributed by atoms with E-state index < -0.39 is 0 Å². The number of methoxy groups -OCH3 is 1. The van der Waals surface area contributed by atoms with Crippen molar-refractivity contribution in [3.05, 3.63) is 16.1 Å². The van der Waals surface area contributed by atoms with Crippen LogP contribution in [0.2, 0.25) is 0 Å². The highest BCUT2D eigenvalue weighted by Gasteiger charge is 2.11. The Morgan fingerprint density at radius 2 is 2.43 bits per heavy atom. The minimum Gasteiger partial charge on any atom is -0.385 e. The number of rotatable bonds is 6. The topological polar surface area (TPSA) is 34.1 Å². The fraction of sp³-hybridized carbons (Fsp3) is 0.700. The zero-order chi connectivity index (χ0) is 10.4. The lowest BCUT2D eigenvalue weighted by Crippen LogP contribution is -2.17. The van der Waals surface area contributed by atoms with Gasteiger partial charge in [-0.25, -0.2) is 4.98 Å². The number of thiazole rings is 1. The summed E-state index contributed by atoms with van der Waals surface area (Å²) < 4.78 is 5.03. The van der Waals surface area contributed by atoms with Gasteiger partial charge in [-0.1, -0.05) is 0 Å². The molecule has 1 aromatic heterocycles. The van der Waals surface area contributed by atoms with Gasteiger partial charge >= 0.3 is 0 Å². The van der Waals surface area contributed by atoms with E-state index in [1.807, 2.05) is 14.0 Å². The molecule has 0 aliphatic rings. The lowest BCUT2D eigenvalue weighted by Gasteiger charge is -2.12. The van der Waals surface area contributed by atoms with Crippen LogP contribution in [0, 0.1) is 6.92 Å². The van der Waals surface area contributed by atoms with Gasteiger partial charge in [0.05, 0.1) is 16.7 Å². The molecule has 1 unspecified atom stereocenters. The first kappa shape index (κ1) is 11.6. The molecule has 0 amide bonds. The molecular weight excluding hydrogens is 196 g/mol. The molecule has 0 radical (unpaired) electrons. The van der Waals surface area contributed by atoms with Crippen LogP contribution in [0.4, 0.5) is 0 Å². The zero-order valence-electron chi connectivity index (χ0n) is 9.04. The van der Waals surface area contributed by atoms with Crippen molar-refractivity contribution in [3.8, 4) is 0 Å². The van der Waals surface area contributed by atoms with E-state index in [0.717, 1.165) is 30.2 Å². The van der Waals surface area contributed by atoms with E-state index in [-0.39, 0.29) is 0 Å². The number of ether oxygens (including phenoxy) is 1. The Kier molecular flexibility index (Phi) is 5.07. The van der Waals surface area contributed by atoms with E-state index in [2.05, 4.69) is 15.7 Å². The first-order valence-electron chi connectivity index (χ1n) is 4.86. The summed E-state index contributed by atoms with van der Waals surface area (Å²) in [5.74, 6) is 0. The lowest BCUT2D eigenvalue weighted by molar-refractivity contribution is 0.189. The highest BCUT2D eigenvalue weighted by molar-refractivity contribution is 7.09. The summed E-state index contributed by atoms with van der Waals surface area (Å²) in [7, 11) is 3.72. The monoisotopic (exact) mass is 214 g/mol. The second kappa shape index (κ2) is 6.11. The SMILES string of the molecule is CNC(CCCOC)c1csc(C)n1. The minimum absolute atomic E-state index is 0.370. The van der Waals surface area contributed by atoms with E-state index in [9.17, 15) is 0 Å². The summed E-state index contributed by atoms with van der Waals surface area (Å²) in [4.78, 5) is 4.48. The number of hydrogen-bond donors (Lipinski definition) is 1. The standard InChI is InChI=1S/C10H18N2OS/c1-8-12-10(7-14-8)9(11-2)5-4-6-13-3/h7,9,11H,4-6H2,1-3H3. The molecule has 1 atom stereocenters. The molecule has 0 spiro atoms. The van der Waals surface area contributed by atoms with E-state index in [0.29, 0.717) is 6.04 Å². The molecule has 0 saturated carbocycles. The second-order valence-electron chi connectivity index (χ2n) is 3.27. The molecule has 1 rings (SSSR count). The fourth-order valence-corrected chi connectivity index (χ4v) is 2.08. The Hall–Kier alpha value is -0.450. The number of nitrogens with one attached hydrogen (secondary N) is 1. The molecule has 0 fully saturated rings. The van der Waals surface area contributed by atoms with Gasteiger partial charge in [0.15, 0.2) is 0 Å². The third kappa shape index (κ3) is 3.36. The Labute approximate surface area is 89.5 Å². The van der Waals surface area contributed by atoms with Gasteiger partial charge in [-0.2, -0.15) is 0 Å². The predicted octanol–water partition coefficient (Wildman–Crippen LogP) is 2.14. The van der Waals surface area contributed by atoms with Gasteiger partial charge in [0.25, 0.3) is 0 Å². The number of aryl methyl sites for hydroxylation is 1. The molecule has 80 valence electrons. The van der Waals surface area contributed by atoms with Crippen LogP contribution in [0.1, 0.15) is 29.6 Å². The Balaban J connectivity index is 2.45. The number of hydrogen-bond acceptors (Lipinski definition) is 4. The van der Waals surface area contributed by atoms with Gasteiger partial charge in [-0.3, -0.25) is 0 Å². The molecule has 0 aliphatic carbocycles. The molecule has 1 aromatic rings. The van der Waals surface area contributed by atoms with E-state index in [1.54, 1.807) is 18.4 Å². The quantitative estimate of drug-likeness (QED) is 0.737. The van der Waals surface area contributed by atoms with Crippen molar-refractivity contribution in [1.82, 2.24) is 10.3 Å². The lowest BCUT2D eigenvalue weighted by atomic mass is 10.1. The van der Waals surface area contributed by atoms with Gasteiger partial charge in [-0.15, -0.1) is 11.3 Å². The summed E-state index contributed by atoms with van der Waals surface area (Å²) >= 11 is 1.70. The maximum Gasteiger partial charge on any atom is 0.0898 e. The van der Waals surface area contributed by atoms with Crippen LogP contribution in [0.5, 0.6) is 0 Å². The molecule has 0 bridgehead atoms. The zero-order valence-corrected chi connectivity index (χ0v) is 9.86. The normalized spacial score (nSPS) is 13.1. The molecule has 0 aromatic carbocycles. The largest absolute Gasteiger partial charge is 0.385 e. The van der Waals surface area contributed by atoms with Gasteiger partial charge in [0.2, 0.25) is 0 Å². The van der Waals surface area contributed by atoms with Gasteiger partial charge < -0.3 is 10.1 Å². The maximum atomic E-state index is 5.03. The highest BCUT2D eigenvalue weighted by atomic mass is 32.1. The van der Waals surface area contributed by atoms with Crippen molar-refractivity contribution < 1.29 is 4.74 Å². The molecule has 0 aliphatic heterocycles. The summed E-state index contributed by atoms with van der Waals surface area (Å²) in [6.07, 6.45) is 2.14. The molecule has 1 heterocycles. The molecule has 14 heavy (non-hydrogen) atoms. The average molecular weight is 214 g/mol. The van der Waals surface area contributed by atoms with Gasteiger partial charge in [0, 0.05) is 19.1 Å². The second-order valence-corrected chi connectivity index (χ2v) is 4.33. The van der Waals surface area contributed by atoms with Crippen molar-refractivity contribution in [2.75, 3.05) is 20.8 Å². The third-order valence-electron chi connectivity index (χ3n) is 2.18. The summed E-state index contributed by atoms with van der Waals surface area (Å²) in [6, 6.07) is 0.370. The van der Waals surface area contributed by atoms with Crippen molar-refractivity contribution in [2.45, 2.75) is 25.8 Å². The van der Waals surface area contributed by atoms with Crippen molar-refractivity contribution in [1.29, 1.82) is 0 Å². The highest BCUT2D eigenvalue weighted by Crippen LogP contribution is 2.19. The molecule has 3 nitrogen and oxygen atoms in total. The van der Waals surface area contributed by atoms with Crippen LogP contribution >= 0.6 is 11.3 Å². The Morgan fingerprint density at radius 1 is 1.64 bits per heavy atom. The molecule has 4 heteroatoms. The summed E-state index contributed by atoms with van der Waals surface area (Å²) in [6.45, 7) is 2.86. The number of aromatic nitrogens is 1. The van der Waals surface area contributed by atoms with Crippen molar-refractivity contribution >= 4 is 11.3 Å². The fourth-order valence-electron chi connectivity index (χ4n) is 1.41. The third-order valence-corrected chi connectivity index (χ3v) is 2.98. The first-order chi connectivity index (χ1) is 6.77. The van der Waals surface area contributed by atoms with Crippen molar-refractivity contribution in [2.24, 2.45) is 0 Å². The van der Waals surface area contributed by atoms with E-state index in [1.165, 1.54) is 0 Å². The van der Waals surface area contributed by atoms with E-state index >= 15 is 0 Å². The average Bonchev–Trinajstić information content (AvgIpc) is 2.60. The first-order valence-corrected chi connectivity index (χ1v) is 5.74. The van der Waals surface area contributed by atoms with Gasteiger partial charge in [0.1, 0.15) is 0 Å². The van der Waals surface area contributed by atoms with Crippen LogP contribution in [-0.2, 0) is 4.74 Å².